The summed E-state index contributed by atoms with van der Waals surface area (Å²) in [6, 6.07) is 11.8. The average molecular weight is 324 g/mol. The van der Waals surface area contributed by atoms with Gasteiger partial charge in [-0.15, -0.1) is 5.10 Å². The van der Waals surface area contributed by atoms with Gasteiger partial charge in [-0.2, -0.15) is 5.10 Å². The van der Waals surface area contributed by atoms with Crippen LogP contribution in [0.2, 0.25) is 0 Å². The molecule has 3 rings (SSSR count). The lowest BCUT2D eigenvalue weighted by atomic mass is 9.94. The fourth-order valence-corrected chi connectivity index (χ4v) is 2.77. The summed E-state index contributed by atoms with van der Waals surface area (Å²) in [4.78, 5) is 0. The second-order valence-electron chi connectivity index (χ2n) is 5.56. The first-order chi connectivity index (χ1) is 11.7. The third-order valence-electron chi connectivity index (χ3n) is 3.97. The Morgan fingerprint density at radius 3 is 2.33 bits per heavy atom. The second-order valence-corrected chi connectivity index (χ2v) is 5.56. The molecule has 5 nitrogen and oxygen atoms in total. The Morgan fingerprint density at radius 1 is 0.875 bits per heavy atom. The topological polar surface area (TPSA) is 52.4 Å². The van der Waals surface area contributed by atoms with Gasteiger partial charge in [0.25, 0.3) is 0 Å². The zero-order chi connectivity index (χ0) is 17.1. The van der Waals surface area contributed by atoms with Gasteiger partial charge in [-0.05, 0) is 36.8 Å². The third kappa shape index (κ3) is 2.97. The van der Waals surface area contributed by atoms with Crippen LogP contribution in [-0.2, 0) is 6.42 Å². The Kier molecular flexibility index (Phi) is 4.51. The third-order valence-corrected chi connectivity index (χ3v) is 3.97. The van der Waals surface area contributed by atoms with Crippen molar-refractivity contribution in [2.24, 2.45) is 10.2 Å². The van der Waals surface area contributed by atoms with E-state index in [1.807, 2.05) is 43.3 Å². The molecule has 0 unspecified atom stereocenters. The van der Waals surface area contributed by atoms with Crippen LogP contribution in [0.1, 0.15) is 23.6 Å². The molecule has 0 radical (unpaired) electrons. The van der Waals surface area contributed by atoms with Crippen LogP contribution in [0.5, 0.6) is 17.2 Å². The minimum atomic E-state index is 0.673. The van der Waals surface area contributed by atoms with Crippen molar-refractivity contribution in [1.82, 2.24) is 0 Å². The van der Waals surface area contributed by atoms with Crippen molar-refractivity contribution in [3.63, 3.8) is 0 Å². The number of nitrogens with zero attached hydrogens (tertiary/aromatic N) is 2. The molecular formula is C19H20N2O3. The van der Waals surface area contributed by atoms with E-state index < -0.39 is 0 Å². The molecule has 0 amide bonds. The van der Waals surface area contributed by atoms with Crippen LogP contribution in [0.25, 0.3) is 0 Å². The van der Waals surface area contributed by atoms with Crippen LogP contribution < -0.4 is 14.2 Å². The molecule has 0 bridgehead atoms. The van der Waals surface area contributed by atoms with E-state index in [1.165, 1.54) is 0 Å². The van der Waals surface area contributed by atoms with Gasteiger partial charge in [-0.1, -0.05) is 12.1 Å². The van der Waals surface area contributed by atoms with Crippen molar-refractivity contribution in [2.75, 3.05) is 21.3 Å². The second kappa shape index (κ2) is 6.74. The standard InChI is InChI=1S/C19H20N2O3/c1-12-8-14-10-17(23-3)18(24-4)11-16(14)19(21-20-12)13-6-5-7-15(9-13)22-2/h5-7,9-11H,8H2,1-4H3. The van der Waals surface area contributed by atoms with Crippen molar-refractivity contribution >= 4 is 11.4 Å². The Balaban J connectivity index is 2.20. The van der Waals surface area contributed by atoms with Crippen LogP contribution in [0.15, 0.2) is 46.6 Å². The molecule has 1 heterocycles. The summed E-state index contributed by atoms with van der Waals surface area (Å²) >= 11 is 0. The molecule has 0 N–H and O–H groups in total. The summed E-state index contributed by atoms with van der Waals surface area (Å²) < 4.78 is 16.2. The number of ether oxygens (including phenoxy) is 3. The van der Waals surface area contributed by atoms with Crippen molar-refractivity contribution in [3.8, 4) is 17.2 Å². The molecule has 0 saturated heterocycles. The summed E-state index contributed by atoms with van der Waals surface area (Å²) in [5, 5.41) is 8.82. The van der Waals surface area contributed by atoms with Gasteiger partial charge in [0.15, 0.2) is 11.5 Å². The van der Waals surface area contributed by atoms with Crippen LogP contribution in [0.3, 0.4) is 0 Å². The maximum Gasteiger partial charge on any atom is 0.161 e. The fourth-order valence-electron chi connectivity index (χ4n) is 2.77. The molecule has 24 heavy (non-hydrogen) atoms. The summed E-state index contributed by atoms with van der Waals surface area (Å²) in [6.45, 7) is 1.97. The van der Waals surface area contributed by atoms with Gasteiger partial charge in [0.1, 0.15) is 11.5 Å². The largest absolute Gasteiger partial charge is 0.497 e. The molecule has 0 atom stereocenters. The minimum absolute atomic E-state index is 0.673. The van der Waals surface area contributed by atoms with Crippen LogP contribution in [0, 0.1) is 0 Å². The molecule has 0 aliphatic carbocycles. The first-order valence-corrected chi connectivity index (χ1v) is 7.67. The predicted octanol–water partition coefficient (Wildman–Crippen LogP) is 3.48. The Labute approximate surface area is 141 Å². The molecule has 5 heteroatoms. The normalized spacial score (nSPS) is 13.3. The maximum absolute atomic E-state index is 5.46. The summed E-state index contributed by atoms with van der Waals surface area (Å²) in [5.74, 6) is 2.16. The molecule has 2 aromatic rings. The lowest BCUT2D eigenvalue weighted by molar-refractivity contribution is 0.354. The highest BCUT2D eigenvalue weighted by molar-refractivity contribution is 6.15. The Hall–Kier alpha value is -2.82. The molecule has 1 aliphatic heterocycles. The highest BCUT2D eigenvalue weighted by atomic mass is 16.5. The first-order valence-electron chi connectivity index (χ1n) is 7.67. The molecule has 0 spiro atoms. The Morgan fingerprint density at radius 2 is 1.62 bits per heavy atom. The first kappa shape index (κ1) is 16.1. The van der Waals surface area contributed by atoms with Crippen LogP contribution >= 0.6 is 0 Å². The van der Waals surface area contributed by atoms with E-state index in [9.17, 15) is 0 Å². The summed E-state index contributed by atoms with van der Waals surface area (Å²) in [7, 11) is 4.92. The molecular weight excluding hydrogens is 304 g/mol. The van der Waals surface area contributed by atoms with E-state index in [0.29, 0.717) is 17.9 Å². The average Bonchev–Trinajstić information content (AvgIpc) is 2.78. The number of rotatable bonds is 4. The number of benzene rings is 2. The van der Waals surface area contributed by atoms with Gasteiger partial charge < -0.3 is 14.2 Å². The van der Waals surface area contributed by atoms with E-state index >= 15 is 0 Å². The van der Waals surface area contributed by atoms with Crippen LogP contribution in [-0.4, -0.2) is 32.8 Å². The molecule has 0 aromatic heterocycles. The fraction of sp³-hybridized carbons (Fsp3) is 0.263. The zero-order valence-electron chi connectivity index (χ0n) is 14.3. The summed E-state index contributed by atoms with van der Waals surface area (Å²) in [6.07, 6.45) is 0.715. The van der Waals surface area contributed by atoms with E-state index in [-0.39, 0.29) is 0 Å². The van der Waals surface area contributed by atoms with Crippen molar-refractivity contribution in [3.05, 3.63) is 53.1 Å². The quantitative estimate of drug-likeness (QED) is 0.865. The van der Waals surface area contributed by atoms with Crippen molar-refractivity contribution in [2.45, 2.75) is 13.3 Å². The highest BCUT2D eigenvalue weighted by Crippen LogP contribution is 2.33. The van der Waals surface area contributed by atoms with Crippen molar-refractivity contribution in [1.29, 1.82) is 0 Å². The van der Waals surface area contributed by atoms with Gasteiger partial charge in [0.2, 0.25) is 0 Å². The maximum atomic E-state index is 5.46. The molecule has 1 aliphatic rings. The van der Waals surface area contributed by atoms with E-state index in [0.717, 1.165) is 33.9 Å². The van der Waals surface area contributed by atoms with Crippen molar-refractivity contribution < 1.29 is 14.2 Å². The predicted molar refractivity (Wildman–Crippen MR) is 95.0 cm³/mol. The van der Waals surface area contributed by atoms with Gasteiger partial charge in [0.05, 0.1) is 21.3 Å². The minimum Gasteiger partial charge on any atom is -0.497 e. The molecule has 0 saturated carbocycles. The monoisotopic (exact) mass is 324 g/mol. The number of fused-ring (bicyclic) bond motifs is 1. The number of hydrogen-bond acceptors (Lipinski definition) is 5. The lowest BCUT2D eigenvalue weighted by Gasteiger charge is -2.15. The Bertz CT molecular complexity index is 825. The lowest BCUT2D eigenvalue weighted by Crippen LogP contribution is -2.08. The SMILES string of the molecule is COc1cccc(C2=NN=C(C)Cc3cc(OC)c(OC)cc32)c1. The van der Waals surface area contributed by atoms with Gasteiger partial charge in [-0.3, -0.25) is 0 Å². The highest BCUT2D eigenvalue weighted by Gasteiger charge is 2.20. The molecule has 0 fully saturated rings. The number of hydrogen-bond donors (Lipinski definition) is 0. The smallest absolute Gasteiger partial charge is 0.161 e. The van der Waals surface area contributed by atoms with E-state index in [1.54, 1.807) is 21.3 Å². The molecule has 2 aromatic carbocycles. The molecule has 124 valence electrons. The van der Waals surface area contributed by atoms with Gasteiger partial charge >= 0.3 is 0 Å². The summed E-state index contributed by atoms with van der Waals surface area (Å²) in [5.41, 5.74) is 4.78. The number of methoxy groups -OCH3 is 3. The zero-order valence-corrected chi connectivity index (χ0v) is 14.3. The van der Waals surface area contributed by atoms with Crippen LogP contribution in [0.4, 0.5) is 0 Å². The van der Waals surface area contributed by atoms with Gasteiger partial charge in [0, 0.05) is 23.3 Å². The van der Waals surface area contributed by atoms with E-state index in [2.05, 4.69) is 10.2 Å². The van der Waals surface area contributed by atoms with E-state index in [4.69, 9.17) is 14.2 Å². The van der Waals surface area contributed by atoms with Gasteiger partial charge in [-0.25, -0.2) is 0 Å².